The number of carbonyl (C=O) groups is 1. The van der Waals surface area contributed by atoms with Crippen LogP contribution < -0.4 is 0 Å². The molecule has 0 bridgehead atoms. The summed E-state index contributed by atoms with van der Waals surface area (Å²) in [6.07, 6.45) is 3.09. The number of thiazole rings is 1. The van der Waals surface area contributed by atoms with E-state index in [1.807, 2.05) is 11.8 Å². The number of rotatable bonds is 4. The second-order valence-electron chi connectivity index (χ2n) is 8.24. The third-order valence-electron chi connectivity index (χ3n) is 5.93. The van der Waals surface area contributed by atoms with Gasteiger partial charge in [0.15, 0.2) is 11.6 Å². The van der Waals surface area contributed by atoms with E-state index in [4.69, 9.17) is 0 Å². The monoisotopic (exact) mass is 470 g/mol. The maximum atomic E-state index is 13.6. The fraction of sp³-hybridized carbons (Fsp3) is 0.292. The summed E-state index contributed by atoms with van der Waals surface area (Å²) in [4.78, 5) is 28.1. The van der Waals surface area contributed by atoms with Crippen LogP contribution in [0.5, 0.6) is 0 Å². The lowest BCUT2D eigenvalue weighted by molar-refractivity contribution is 0.0607. The number of carbonyl (C=O) groups excluding carboxylic acids is 1. The molecule has 1 fully saturated rings. The molecule has 1 aliphatic rings. The minimum atomic E-state index is -0.942. The predicted molar refractivity (Wildman–Crippen MR) is 121 cm³/mol. The number of hydrogen-bond donors (Lipinski definition) is 1. The number of fused-ring (bicyclic) bond motifs is 1. The highest BCUT2D eigenvalue weighted by Gasteiger charge is 2.31. The maximum Gasteiger partial charge on any atom is 0.274 e. The van der Waals surface area contributed by atoms with Crippen LogP contribution in [0.15, 0.2) is 36.4 Å². The Labute approximate surface area is 192 Å². The largest absolute Gasteiger partial charge is 0.342 e. The topological polar surface area (TPSA) is 61.9 Å². The number of nitrogens with one attached hydrogen (secondary N) is 1. The molecule has 0 aliphatic carbocycles. The van der Waals surface area contributed by atoms with Crippen molar-refractivity contribution in [1.29, 1.82) is 0 Å². The van der Waals surface area contributed by atoms with E-state index in [1.54, 1.807) is 12.1 Å². The first kappa shape index (κ1) is 21.6. The van der Waals surface area contributed by atoms with Crippen molar-refractivity contribution < 1.29 is 18.0 Å². The number of benzene rings is 2. The number of aryl methyl sites for hydroxylation is 1. The minimum absolute atomic E-state index is 0.121. The molecule has 4 aromatic rings. The molecule has 9 heteroatoms. The number of H-pyrrole nitrogens is 1. The van der Waals surface area contributed by atoms with Crippen molar-refractivity contribution >= 4 is 28.3 Å². The van der Waals surface area contributed by atoms with Crippen LogP contribution in [0, 0.1) is 24.4 Å². The highest BCUT2D eigenvalue weighted by Crippen LogP contribution is 2.33. The standard InChI is InChI=1S/C24H21F3N4OS/c1-13-28-22(23(33-13)14-5-7-15(25)8-6-14)24(32)31-9-3-2-4-16(31)10-21-29-19-11-17(26)18(27)12-20(19)30-21/h5-8,11-12,16H,2-4,9-10H2,1H3,(H,29,30)/t16-/m0/s1. The molecule has 1 aliphatic heterocycles. The van der Waals surface area contributed by atoms with Crippen molar-refractivity contribution in [2.75, 3.05) is 6.54 Å². The zero-order chi connectivity index (χ0) is 23.1. The van der Waals surface area contributed by atoms with Gasteiger partial charge in [0, 0.05) is 31.1 Å². The Morgan fingerprint density at radius 2 is 1.88 bits per heavy atom. The maximum absolute atomic E-state index is 13.6. The lowest BCUT2D eigenvalue weighted by Gasteiger charge is -2.35. The van der Waals surface area contributed by atoms with Gasteiger partial charge in [0.25, 0.3) is 5.91 Å². The number of likely N-dealkylation sites (tertiary alicyclic amines) is 1. The molecule has 0 saturated carbocycles. The van der Waals surface area contributed by atoms with Crippen molar-refractivity contribution in [3.63, 3.8) is 0 Å². The Morgan fingerprint density at radius 1 is 1.12 bits per heavy atom. The van der Waals surface area contributed by atoms with E-state index >= 15 is 0 Å². The van der Waals surface area contributed by atoms with Crippen LogP contribution in [0.3, 0.4) is 0 Å². The summed E-state index contributed by atoms with van der Waals surface area (Å²) in [5, 5.41) is 0.757. The van der Waals surface area contributed by atoms with Gasteiger partial charge in [-0.05, 0) is 43.9 Å². The Morgan fingerprint density at radius 3 is 2.67 bits per heavy atom. The molecule has 3 heterocycles. The summed E-state index contributed by atoms with van der Waals surface area (Å²) >= 11 is 1.41. The van der Waals surface area contributed by atoms with Crippen molar-refractivity contribution in [1.82, 2.24) is 19.9 Å². The van der Waals surface area contributed by atoms with Crippen LogP contribution in [-0.2, 0) is 6.42 Å². The van der Waals surface area contributed by atoms with Gasteiger partial charge in [0.05, 0.1) is 20.9 Å². The highest BCUT2D eigenvalue weighted by atomic mass is 32.1. The predicted octanol–water partition coefficient (Wildman–Crippen LogP) is 5.65. The third-order valence-corrected chi connectivity index (χ3v) is 6.95. The van der Waals surface area contributed by atoms with E-state index in [2.05, 4.69) is 15.0 Å². The quantitative estimate of drug-likeness (QED) is 0.419. The summed E-state index contributed by atoms with van der Waals surface area (Å²) in [6.45, 7) is 2.43. The normalized spacial score (nSPS) is 16.5. The van der Waals surface area contributed by atoms with Gasteiger partial charge in [-0.3, -0.25) is 4.79 Å². The number of hydrogen-bond acceptors (Lipinski definition) is 4. The van der Waals surface area contributed by atoms with E-state index in [-0.39, 0.29) is 17.8 Å². The zero-order valence-corrected chi connectivity index (χ0v) is 18.7. The first-order valence-electron chi connectivity index (χ1n) is 10.8. The molecule has 1 N–H and O–H groups in total. The van der Waals surface area contributed by atoms with Crippen LogP contribution in [0.25, 0.3) is 21.5 Å². The smallest absolute Gasteiger partial charge is 0.274 e. The fourth-order valence-electron chi connectivity index (χ4n) is 4.36. The van der Waals surface area contributed by atoms with E-state index in [0.717, 1.165) is 46.8 Å². The molecule has 170 valence electrons. The molecule has 1 atom stereocenters. The second-order valence-corrected chi connectivity index (χ2v) is 9.44. The number of amides is 1. The van der Waals surface area contributed by atoms with Gasteiger partial charge in [-0.15, -0.1) is 11.3 Å². The molecule has 2 aromatic heterocycles. The van der Waals surface area contributed by atoms with Crippen molar-refractivity contribution in [3.05, 3.63) is 70.4 Å². The lowest BCUT2D eigenvalue weighted by atomic mass is 9.98. The van der Waals surface area contributed by atoms with Gasteiger partial charge < -0.3 is 9.88 Å². The lowest BCUT2D eigenvalue weighted by Crippen LogP contribution is -2.45. The van der Waals surface area contributed by atoms with Crippen LogP contribution in [0.2, 0.25) is 0 Å². The van der Waals surface area contributed by atoms with E-state index in [1.165, 1.54) is 23.5 Å². The molecule has 1 amide bonds. The van der Waals surface area contributed by atoms with Gasteiger partial charge in [0.1, 0.15) is 17.3 Å². The van der Waals surface area contributed by atoms with Crippen molar-refractivity contribution in [2.24, 2.45) is 0 Å². The first-order chi connectivity index (χ1) is 15.9. The Kier molecular flexibility index (Phi) is 5.65. The summed E-state index contributed by atoms with van der Waals surface area (Å²) in [6, 6.07) is 8.09. The van der Waals surface area contributed by atoms with Gasteiger partial charge in [-0.2, -0.15) is 0 Å². The SMILES string of the molecule is Cc1nc(C(=O)N2CCCC[C@H]2Cc2nc3cc(F)c(F)cc3[nH]2)c(-c2ccc(F)cc2)s1. The summed E-state index contributed by atoms with van der Waals surface area (Å²) in [5.74, 6) is -1.80. The molecule has 33 heavy (non-hydrogen) atoms. The molecule has 5 rings (SSSR count). The third kappa shape index (κ3) is 4.25. The fourth-order valence-corrected chi connectivity index (χ4v) is 5.28. The molecule has 0 spiro atoms. The average molecular weight is 471 g/mol. The molecule has 0 unspecified atom stereocenters. The van der Waals surface area contributed by atoms with Crippen molar-refractivity contribution in [2.45, 2.75) is 38.6 Å². The first-order valence-corrected chi connectivity index (χ1v) is 11.6. The zero-order valence-electron chi connectivity index (χ0n) is 17.9. The molecule has 0 radical (unpaired) electrons. The Balaban J connectivity index is 1.43. The number of imidazole rings is 1. The summed E-state index contributed by atoms with van der Waals surface area (Å²) in [7, 11) is 0. The Bertz CT molecular complexity index is 1290. The summed E-state index contributed by atoms with van der Waals surface area (Å²) < 4.78 is 40.5. The second kappa shape index (κ2) is 8.62. The van der Waals surface area contributed by atoms with Crippen LogP contribution >= 0.6 is 11.3 Å². The molecule has 5 nitrogen and oxygen atoms in total. The number of nitrogens with zero attached hydrogens (tertiary/aromatic N) is 3. The van der Waals surface area contributed by atoms with E-state index in [9.17, 15) is 18.0 Å². The molecule has 1 saturated heterocycles. The number of halogens is 3. The van der Waals surface area contributed by atoms with Gasteiger partial charge in [-0.1, -0.05) is 12.1 Å². The van der Waals surface area contributed by atoms with Crippen LogP contribution in [0.1, 0.15) is 40.6 Å². The molecular weight excluding hydrogens is 449 g/mol. The molecule has 2 aromatic carbocycles. The highest BCUT2D eigenvalue weighted by molar-refractivity contribution is 7.15. The van der Waals surface area contributed by atoms with Gasteiger partial charge in [-0.25, -0.2) is 23.1 Å². The molecular formula is C24H21F3N4OS. The summed E-state index contributed by atoms with van der Waals surface area (Å²) in [5.41, 5.74) is 1.89. The van der Waals surface area contributed by atoms with Gasteiger partial charge >= 0.3 is 0 Å². The average Bonchev–Trinajstić information content (AvgIpc) is 3.37. The van der Waals surface area contributed by atoms with Gasteiger partial charge in [0.2, 0.25) is 0 Å². The van der Waals surface area contributed by atoms with E-state index in [0.29, 0.717) is 35.5 Å². The number of aromatic amines is 1. The number of aromatic nitrogens is 3. The van der Waals surface area contributed by atoms with E-state index < -0.39 is 11.6 Å². The van der Waals surface area contributed by atoms with Crippen LogP contribution in [0.4, 0.5) is 13.2 Å². The number of piperidine rings is 1. The van der Waals surface area contributed by atoms with Crippen molar-refractivity contribution in [3.8, 4) is 10.4 Å². The Hall–Kier alpha value is -3.20. The minimum Gasteiger partial charge on any atom is -0.342 e. The van der Waals surface area contributed by atoms with Crippen LogP contribution in [-0.4, -0.2) is 38.3 Å².